The number of carboxylic acid groups (broad SMARTS) is 1. The van der Waals surface area contributed by atoms with Gasteiger partial charge in [-0.3, -0.25) is 19.3 Å². The van der Waals surface area contributed by atoms with E-state index in [2.05, 4.69) is 9.98 Å². The van der Waals surface area contributed by atoms with Crippen LogP contribution in [0.3, 0.4) is 0 Å². The van der Waals surface area contributed by atoms with Gasteiger partial charge in [0.25, 0.3) is 5.56 Å². The second-order valence-corrected chi connectivity index (χ2v) is 5.53. The third kappa shape index (κ3) is 4.43. The summed E-state index contributed by atoms with van der Waals surface area (Å²) < 4.78 is 1.43. The van der Waals surface area contributed by atoms with Gasteiger partial charge in [0.15, 0.2) is 4.77 Å². The number of aromatic hydroxyl groups is 1. The van der Waals surface area contributed by atoms with Crippen molar-refractivity contribution in [2.75, 3.05) is 12.0 Å². The zero-order valence-corrected chi connectivity index (χ0v) is 13.3. The number of nitrogens with one attached hydrogen (secondary N) is 1. The van der Waals surface area contributed by atoms with Crippen LogP contribution in [0.15, 0.2) is 9.79 Å². The van der Waals surface area contributed by atoms with Crippen LogP contribution in [0.25, 0.3) is 0 Å². The van der Waals surface area contributed by atoms with E-state index in [9.17, 15) is 14.7 Å². The van der Waals surface area contributed by atoms with Crippen molar-refractivity contribution in [3.63, 3.8) is 0 Å². The van der Waals surface area contributed by atoms with Gasteiger partial charge in [0, 0.05) is 12.8 Å². The summed E-state index contributed by atoms with van der Waals surface area (Å²) in [7, 11) is 0. The Balaban J connectivity index is 3.17. The van der Waals surface area contributed by atoms with E-state index in [1.807, 2.05) is 6.26 Å². The second kappa shape index (κ2) is 7.99. The van der Waals surface area contributed by atoms with Gasteiger partial charge in [-0.25, -0.2) is 4.79 Å². The van der Waals surface area contributed by atoms with Crippen molar-refractivity contribution in [3.8, 4) is 5.88 Å². The van der Waals surface area contributed by atoms with E-state index in [0.29, 0.717) is 18.7 Å². The Kier molecular flexibility index (Phi) is 6.63. The molecule has 0 saturated heterocycles. The zero-order chi connectivity index (χ0) is 16.0. The normalized spacial score (nSPS) is 12.7. The Labute approximate surface area is 130 Å². The maximum absolute atomic E-state index is 11.8. The van der Waals surface area contributed by atoms with Gasteiger partial charge in [0.2, 0.25) is 5.88 Å². The van der Waals surface area contributed by atoms with Crippen molar-refractivity contribution >= 4 is 36.2 Å². The molecule has 9 heteroatoms. The molecule has 1 unspecified atom stereocenters. The summed E-state index contributed by atoms with van der Waals surface area (Å²) >= 11 is 6.44. The third-order valence-corrected chi connectivity index (χ3v) is 3.75. The van der Waals surface area contributed by atoms with E-state index in [4.69, 9.17) is 17.3 Å². The van der Waals surface area contributed by atoms with Crippen molar-refractivity contribution in [3.05, 3.63) is 20.7 Å². The van der Waals surface area contributed by atoms with Crippen molar-refractivity contribution in [1.29, 1.82) is 0 Å². The molecule has 0 aliphatic heterocycles. The first kappa shape index (κ1) is 17.4. The Morgan fingerprint density at radius 2 is 2.29 bits per heavy atom. The quantitative estimate of drug-likeness (QED) is 0.513. The topological polar surface area (TPSA) is 108 Å². The van der Waals surface area contributed by atoms with Gasteiger partial charge in [-0.2, -0.15) is 11.8 Å². The lowest BCUT2D eigenvalue weighted by Gasteiger charge is -2.09. The first-order chi connectivity index (χ1) is 9.92. The minimum Gasteiger partial charge on any atom is -0.494 e. The van der Waals surface area contributed by atoms with Crippen LogP contribution < -0.4 is 5.56 Å². The van der Waals surface area contributed by atoms with Crippen LogP contribution in [0.4, 0.5) is 0 Å². The predicted molar refractivity (Wildman–Crippen MR) is 85.2 cm³/mol. The smallest absolute Gasteiger partial charge is 0.328 e. The van der Waals surface area contributed by atoms with Crippen molar-refractivity contribution in [1.82, 2.24) is 9.55 Å². The molecule has 7 nitrogen and oxygen atoms in total. The maximum atomic E-state index is 11.8. The lowest BCUT2D eigenvalue weighted by atomic mass is 10.2. The van der Waals surface area contributed by atoms with E-state index in [1.54, 1.807) is 6.92 Å². The number of hydrogen-bond acceptors (Lipinski definition) is 6. The summed E-state index contributed by atoms with van der Waals surface area (Å²) in [6.45, 7) is 2.13. The molecule has 0 saturated carbocycles. The van der Waals surface area contributed by atoms with Crippen LogP contribution in [0.5, 0.6) is 5.88 Å². The summed E-state index contributed by atoms with van der Waals surface area (Å²) in [5.74, 6) is -0.750. The molecule has 0 amide bonds. The average molecular weight is 331 g/mol. The van der Waals surface area contributed by atoms with E-state index < -0.39 is 17.6 Å². The molecule has 0 radical (unpaired) electrons. The van der Waals surface area contributed by atoms with Crippen LogP contribution in [0, 0.1) is 4.77 Å². The maximum Gasteiger partial charge on any atom is 0.328 e. The Morgan fingerprint density at radius 1 is 1.62 bits per heavy atom. The molecule has 1 aromatic heterocycles. The fourth-order valence-corrected chi connectivity index (χ4v) is 2.41. The molecular formula is C12H17N3O4S2. The monoisotopic (exact) mass is 331 g/mol. The number of rotatable bonds is 7. The standard InChI is InChI=1S/C12H17N3O4S2/c1-3-15-10(17)7(9(16)14-12(15)20)6-13-8(11(18)19)4-5-21-2/h6,8,17H,3-5H2,1-2H3,(H,18,19)(H,14,16,20). The Morgan fingerprint density at radius 3 is 2.81 bits per heavy atom. The summed E-state index contributed by atoms with van der Waals surface area (Å²) in [5.41, 5.74) is -0.694. The van der Waals surface area contributed by atoms with Crippen LogP contribution in [-0.2, 0) is 11.3 Å². The molecule has 1 heterocycles. The number of nitrogens with zero attached hydrogens (tertiary/aromatic N) is 2. The summed E-state index contributed by atoms with van der Waals surface area (Å²) in [4.78, 5) is 29.2. The van der Waals surface area contributed by atoms with Crippen LogP contribution in [0.1, 0.15) is 18.9 Å². The largest absolute Gasteiger partial charge is 0.494 e. The lowest BCUT2D eigenvalue weighted by Crippen LogP contribution is -2.22. The molecule has 1 rings (SSSR count). The van der Waals surface area contributed by atoms with Crippen molar-refractivity contribution in [2.45, 2.75) is 25.9 Å². The molecule has 0 spiro atoms. The molecule has 0 aromatic carbocycles. The first-order valence-corrected chi connectivity index (χ1v) is 8.03. The van der Waals surface area contributed by atoms with Crippen LogP contribution in [-0.4, -0.2) is 50.0 Å². The first-order valence-electron chi connectivity index (χ1n) is 6.23. The van der Waals surface area contributed by atoms with E-state index in [0.717, 1.165) is 6.21 Å². The zero-order valence-electron chi connectivity index (χ0n) is 11.7. The van der Waals surface area contributed by atoms with Gasteiger partial charge < -0.3 is 10.2 Å². The fraction of sp³-hybridized carbons (Fsp3) is 0.500. The SMILES string of the molecule is CCn1c(O)c(C=NC(CCSC)C(=O)O)c(=O)[nH]c1=S. The number of carbonyl (C=O) groups is 1. The molecule has 0 fully saturated rings. The fourth-order valence-electron chi connectivity index (χ4n) is 1.64. The molecule has 1 aromatic rings. The van der Waals surface area contributed by atoms with E-state index in [-0.39, 0.29) is 16.2 Å². The third-order valence-electron chi connectivity index (χ3n) is 2.79. The number of H-pyrrole nitrogens is 1. The highest BCUT2D eigenvalue weighted by atomic mass is 32.2. The summed E-state index contributed by atoms with van der Waals surface area (Å²) in [6, 6.07) is -0.950. The van der Waals surface area contributed by atoms with Gasteiger partial charge in [-0.05, 0) is 37.6 Å². The minimum atomic E-state index is -1.07. The van der Waals surface area contributed by atoms with E-state index >= 15 is 0 Å². The number of aliphatic imine (C=N–C) groups is 1. The van der Waals surface area contributed by atoms with Crippen molar-refractivity contribution in [2.24, 2.45) is 4.99 Å². The Hall–Kier alpha value is -1.61. The highest BCUT2D eigenvalue weighted by Gasteiger charge is 2.16. The molecule has 0 aliphatic rings. The molecule has 116 valence electrons. The highest BCUT2D eigenvalue weighted by molar-refractivity contribution is 7.98. The highest BCUT2D eigenvalue weighted by Crippen LogP contribution is 2.12. The Bertz CT molecular complexity index is 651. The molecule has 3 N–H and O–H groups in total. The number of aromatic amines is 1. The van der Waals surface area contributed by atoms with Gasteiger partial charge in [0.05, 0.1) is 0 Å². The number of thioether (sulfide) groups is 1. The van der Waals surface area contributed by atoms with E-state index in [1.165, 1.54) is 16.3 Å². The van der Waals surface area contributed by atoms with Crippen LogP contribution >= 0.6 is 24.0 Å². The molecule has 21 heavy (non-hydrogen) atoms. The van der Waals surface area contributed by atoms with Crippen molar-refractivity contribution < 1.29 is 15.0 Å². The van der Waals surface area contributed by atoms with Gasteiger partial charge in [-0.15, -0.1) is 0 Å². The predicted octanol–water partition coefficient (Wildman–Crippen LogP) is 1.26. The lowest BCUT2D eigenvalue weighted by molar-refractivity contribution is -0.138. The van der Waals surface area contributed by atoms with Crippen LogP contribution in [0.2, 0.25) is 0 Å². The molecule has 0 bridgehead atoms. The number of hydrogen-bond donors (Lipinski definition) is 3. The number of carboxylic acids is 1. The minimum absolute atomic E-state index is 0.0964. The number of aromatic nitrogens is 2. The summed E-state index contributed by atoms with van der Waals surface area (Å²) in [6.07, 6.45) is 3.30. The number of aliphatic carboxylic acids is 1. The van der Waals surface area contributed by atoms with Gasteiger partial charge >= 0.3 is 5.97 Å². The van der Waals surface area contributed by atoms with Gasteiger partial charge in [0.1, 0.15) is 11.6 Å². The van der Waals surface area contributed by atoms with Gasteiger partial charge in [-0.1, -0.05) is 0 Å². The molecule has 0 aliphatic carbocycles. The molecular weight excluding hydrogens is 314 g/mol. The average Bonchev–Trinajstić information content (AvgIpc) is 2.41. The summed E-state index contributed by atoms with van der Waals surface area (Å²) in [5, 5.41) is 19.1. The molecule has 1 atom stereocenters. The second-order valence-electron chi connectivity index (χ2n) is 4.15.